The zero-order valence-corrected chi connectivity index (χ0v) is 17.6. The molecule has 2 aromatic rings. The van der Waals surface area contributed by atoms with E-state index in [2.05, 4.69) is 0 Å². The molecule has 1 aliphatic rings. The van der Waals surface area contributed by atoms with E-state index in [4.69, 9.17) is 18.9 Å². The number of aromatic hydroxyl groups is 2. The highest BCUT2D eigenvalue weighted by Crippen LogP contribution is 2.55. The summed E-state index contributed by atoms with van der Waals surface area (Å²) in [5.74, 6) is 0.669. The molecule has 3 rings (SSSR count). The van der Waals surface area contributed by atoms with Gasteiger partial charge in [0.1, 0.15) is 0 Å². The Hall–Kier alpha value is -2.80. The average Bonchev–Trinajstić information content (AvgIpc) is 2.66. The highest BCUT2D eigenvalue weighted by Gasteiger charge is 2.37. The van der Waals surface area contributed by atoms with Gasteiger partial charge in [0, 0.05) is 17.5 Å². The predicted molar refractivity (Wildman–Crippen MR) is 109 cm³/mol. The Bertz CT molecular complexity index is 934. The molecule has 7 nitrogen and oxygen atoms in total. The Morgan fingerprint density at radius 1 is 0.862 bits per heavy atom. The van der Waals surface area contributed by atoms with Gasteiger partial charge < -0.3 is 34.3 Å². The van der Waals surface area contributed by atoms with Crippen molar-refractivity contribution < 1.29 is 34.3 Å². The molecule has 0 amide bonds. The smallest absolute Gasteiger partial charge is 0.203 e. The minimum absolute atomic E-state index is 0.0217. The first kappa shape index (κ1) is 20.9. The van der Waals surface area contributed by atoms with E-state index in [0.29, 0.717) is 46.8 Å². The van der Waals surface area contributed by atoms with Crippen molar-refractivity contribution >= 4 is 0 Å². The van der Waals surface area contributed by atoms with Gasteiger partial charge in [0.05, 0.1) is 34.0 Å². The van der Waals surface area contributed by atoms with Crippen molar-refractivity contribution in [2.45, 2.75) is 32.3 Å². The van der Waals surface area contributed by atoms with Gasteiger partial charge in [-0.2, -0.15) is 0 Å². The third-order valence-corrected chi connectivity index (χ3v) is 5.82. The Morgan fingerprint density at radius 3 is 2.03 bits per heavy atom. The first-order valence-electron chi connectivity index (χ1n) is 9.36. The molecule has 2 aromatic carbocycles. The lowest BCUT2D eigenvalue weighted by Crippen LogP contribution is -2.37. The summed E-state index contributed by atoms with van der Waals surface area (Å²) in [5.41, 5.74) is 1.40. The SMILES string of the molecule is COc1cc2c(c(OC)c1OC)-c1c(cc(O)c(OC)c1O)C[C@H](C)[C@@](C)(O)C2. The maximum absolute atomic E-state index is 11.2. The van der Waals surface area contributed by atoms with Crippen LogP contribution in [0.1, 0.15) is 25.0 Å². The summed E-state index contributed by atoms with van der Waals surface area (Å²) < 4.78 is 21.9. The van der Waals surface area contributed by atoms with Crippen LogP contribution < -0.4 is 18.9 Å². The Kier molecular flexibility index (Phi) is 5.45. The van der Waals surface area contributed by atoms with Crippen LogP contribution >= 0.6 is 0 Å². The van der Waals surface area contributed by atoms with Gasteiger partial charge >= 0.3 is 0 Å². The van der Waals surface area contributed by atoms with Crippen LogP contribution in [0.2, 0.25) is 0 Å². The molecule has 2 atom stereocenters. The molecule has 0 unspecified atom stereocenters. The molecule has 1 aliphatic carbocycles. The lowest BCUT2D eigenvalue weighted by molar-refractivity contribution is 0.00628. The molecule has 7 heteroatoms. The summed E-state index contributed by atoms with van der Waals surface area (Å²) in [5, 5.41) is 32.5. The van der Waals surface area contributed by atoms with E-state index in [1.54, 1.807) is 19.1 Å². The summed E-state index contributed by atoms with van der Waals surface area (Å²) in [6.07, 6.45) is 0.743. The monoisotopic (exact) mass is 404 g/mol. The quantitative estimate of drug-likeness (QED) is 0.719. The van der Waals surface area contributed by atoms with Crippen LogP contribution in [-0.4, -0.2) is 49.4 Å². The second-order valence-corrected chi connectivity index (χ2v) is 7.63. The Balaban J connectivity index is 2.50. The van der Waals surface area contributed by atoms with Crippen molar-refractivity contribution in [2.24, 2.45) is 5.92 Å². The number of benzene rings is 2. The van der Waals surface area contributed by atoms with Crippen molar-refractivity contribution in [3.63, 3.8) is 0 Å². The molecule has 0 saturated carbocycles. The van der Waals surface area contributed by atoms with Crippen LogP contribution in [0.4, 0.5) is 0 Å². The molecular formula is C22H28O7. The first-order valence-corrected chi connectivity index (χ1v) is 9.36. The lowest BCUT2D eigenvalue weighted by Gasteiger charge is -2.35. The number of fused-ring (bicyclic) bond motifs is 3. The summed E-state index contributed by atoms with van der Waals surface area (Å²) in [6.45, 7) is 3.71. The van der Waals surface area contributed by atoms with Gasteiger partial charge in [0.25, 0.3) is 0 Å². The Morgan fingerprint density at radius 2 is 1.48 bits per heavy atom. The summed E-state index contributed by atoms with van der Waals surface area (Å²) in [7, 11) is 5.92. The number of methoxy groups -OCH3 is 4. The summed E-state index contributed by atoms with van der Waals surface area (Å²) >= 11 is 0. The highest BCUT2D eigenvalue weighted by molar-refractivity contribution is 5.88. The number of hydrogen-bond donors (Lipinski definition) is 3. The van der Waals surface area contributed by atoms with E-state index in [1.807, 2.05) is 6.92 Å². The van der Waals surface area contributed by atoms with Gasteiger partial charge in [0.2, 0.25) is 11.5 Å². The third kappa shape index (κ3) is 3.29. The number of hydrogen-bond acceptors (Lipinski definition) is 7. The number of phenolic OH excluding ortho intramolecular Hbond substituents is 2. The van der Waals surface area contributed by atoms with Crippen LogP contribution in [0.15, 0.2) is 12.1 Å². The van der Waals surface area contributed by atoms with Crippen molar-refractivity contribution in [1.29, 1.82) is 0 Å². The zero-order valence-electron chi connectivity index (χ0n) is 17.6. The Labute approximate surface area is 170 Å². The molecule has 158 valence electrons. The summed E-state index contributed by atoms with van der Waals surface area (Å²) in [6, 6.07) is 3.34. The largest absolute Gasteiger partial charge is 0.504 e. The van der Waals surface area contributed by atoms with Crippen molar-refractivity contribution in [3.8, 4) is 45.6 Å². The zero-order chi connectivity index (χ0) is 21.5. The third-order valence-electron chi connectivity index (χ3n) is 5.82. The molecule has 0 spiro atoms. The number of rotatable bonds is 4. The van der Waals surface area contributed by atoms with Crippen molar-refractivity contribution in [2.75, 3.05) is 28.4 Å². The maximum atomic E-state index is 11.2. The van der Waals surface area contributed by atoms with Crippen LogP contribution in [-0.2, 0) is 12.8 Å². The molecule has 29 heavy (non-hydrogen) atoms. The maximum Gasteiger partial charge on any atom is 0.203 e. The number of aliphatic hydroxyl groups is 1. The van der Waals surface area contributed by atoms with E-state index in [1.165, 1.54) is 28.4 Å². The van der Waals surface area contributed by atoms with Gasteiger partial charge in [-0.15, -0.1) is 0 Å². The van der Waals surface area contributed by atoms with Crippen molar-refractivity contribution in [1.82, 2.24) is 0 Å². The van der Waals surface area contributed by atoms with Gasteiger partial charge in [-0.3, -0.25) is 0 Å². The van der Waals surface area contributed by atoms with E-state index >= 15 is 0 Å². The van der Waals surface area contributed by atoms with E-state index in [-0.39, 0.29) is 23.2 Å². The van der Waals surface area contributed by atoms with Gasteiger partial charge in [-0.25, -0.2) is 0 Å². The average molecular weight is 404 g/mol. The molecule has 3 N–H and O–H groups in total. The number of ether oxygens (including phenoxy) is 4. The second kappa shape index (κ2) is 7.55. The number of phenols is 2. The van der Waals surface area contributed by atoms with Gasteiger partial charge in [-0.05, 0) is 42.5 Å². The van der Waals surface area contributed by atoms with Crippen LogP contribution in [0, 0.1) is 5.92 Å². The molecule has 0 aromatic heterocycles. The van der Waals surface area contributed by atoms with Gasteiger partial charge in [-0.1, -0.05) is 6.92 Å². The van der Waals surface area contributed by atoms with Gasteiger partial charge in [0.15, 0.2) is 23.0 Å². The fourth-order valence-corrected chi connectivity index (χ4v) is 4.06. The minimum atomic E-state index is -1.04. The highest BCUT2D eigenvalue weighted by atomic mass is 16.5. The molecule has 0 heterocycles. The molecule has 0 aliphatic heterocycles. The van der Waals surface area contributed by atoms with E-state index < -0.39 is 5.60 Å². The standard InChI is InChI=1S/C22H28O7/c1-11-7-12-8-14(23)19(27-4)18(24)16(12)17-13(10-22(11,2)25)9-15(26-3)20(28-5)21(17)29-6/h8-9,11,23-25H,7,10H2,1-6H3/t11-,22-/m0/s1. The first-order chi connectivity index (χ1) is 13.7. The van der Waals surface area contributed by atoms with Crippen LogP contribution in [0.3, 0.4) is 0 Å². The predicted octanol–water partition coefficient (Wildman–Crippen LogP) is 3.28. The normalized spacial score (nSPS) is 20.7. The van der Waals surface area contributed by atoms with Crippen LogP contribution in [0.5, 0.6) is 34.5 Å². The molecular weight excluding hydrogens is 376 g/mol. The molecule has 0 radical (unpaired) electrons. The lowest BCUT2D eigenvalue weighted by atomic mass is 9.75. The fraction of sp³-hybridized carbons (Fsp3) is 0.455. The fourth-order valence-electron chi connectivity index (χ4n) is 4.06. The minimum Gasteiger partial charge on any atom is -0.504 e. The van der Waals surface area contributed by atoms with Crippen LogP contribution in [0.25, 0.3) is 11.1 Å². The second-order valence-electron chi connectivity index (χ2n) is 7.63. The van der Waals surface area contributed by atoms with E-state index in [0.717, 1.165) is 5.56 Å². The van der Waals surface area contributed by atoms with Crippen molar-refractivity contribution in [3.05, 3.63) is 23.3 Å². The molecule has 0 fully saturated rings. The van der Waals surface area contributed by atoms with E-state index in [9.17, 15) is 15.3 Å². The molecule has 0 saturated heterocycles. The summed E-state index contributed by atoms with van der Waals surface area (Å²) in [4.78, 5) is 0. The molecule has 0 bridgehead atoms. The topological polar surface area (TPSA) is 97.6 Å².